The van der Waals surface area contributed by atoms with Gasteiger partial charge in [-0.05, 0) is 24.5 Å². The predicted octanol–water partition coefficient (Wildman–Crippen LogP) is 3.91. The van der Waals surface area contributed by atoms with Crippen LogP contribution in [0.25, 0.3) is 0 Å². The number of rotatable bonds is 7. The van der Waals surface area contributed by atoms with Crippen LogP contribution in [-0.4, -0.2) is 36.7 Å². The van der Waals surface area contributed by atoms with Crippen LogP contribution >= 0.6 is 0 Å². The van der Waals surface area contributed by atoms with Crippen molar-refractivity contribution in [3.05, 3.63) is 65.7 Å². The van der Waals surface area contributed by atoms with Gasteiger partial charge in [-0.2, -0.15) is 0 Å². The molecule has 1 fully saturated rings. The van der Waals surface area contributed by atoms with Gasteiger partial charge in [-0.3, -0.25) is 9.59 Å². The van der Waals surface area contributed by atoms with Crippen molar-refractivity contribution < 1.29 is 9.59 Å². The zero-order chi connectivity index (χ0) is 18.4. The number of Topliss-reactive ketones (excluding diaryl/α,β-unsaturated/α-hetero) is 1. The van der Waals surface area contributed by atoms with Gasteiger partial charge in [0.15, 0.2) is 5.78 Å². The Balaban J connectivity index is 1.57. The molecule has 136 valence electrons. The molecule has 1 saturated heterocycles. The molecule has 1 aliphatic heterocycles. The number of nitrogens with zero attached hydrogens (tertiary/aromatic N) is 2. The van der Waals surface area contributed by atoms with E-state index < -0.39 is 0 Å². The van der Waals surface area contributed by atoms with E-state index in [1.165, 1.54) is 24.1 Å². The van der Waals surface area contributed by atoms with Gasteiger partial charge >= 0.3 is 0 Å². The summed E-state index contributed by atoms with van der Waals surface area (Å²) in [6.07, 6.45) is 2.95. The molecule has 4 heteroatoms. The molecule has 0 aromatic heterocycles. The van der Waals surface area contributed by atoms with Crippen molar-refractivity contribution >= 4 is 17.4 Å². The molecule has 1 amide bonds. The van der Waals surface area contributed by atoms with E-state index in [1.807, 2.05) is 31.3 Å². The highest BCUT2D eigenvalue weighted by molar-refractivity contribution is 5.97. The first-order chi connectivity index (χ1) is 12.6. The maximum atomic E-state index is 12.5. The molecule has 0 atom stereocenters. The SMILES string of the molecule is CN(Cc1ccccc1N1CCCC1)C(=O)CCC(=O)c1ccccc1. The van der Waals surface area contributed by atoms with Crippen LogP contribution in [0.15, 0.2) is 54.6 Å². The van der Waals surface area contributed by atoms with Crippen molar-refractivity contribution in [3.8, 4) is 0 Å². The van der Waals surface area contributed by atoms with E-state index in [2.05, 4.69) is 23.1 Å². The zero-order valence-corrected chi connectivity index (χ0v) is 15.4. The quantitative estimate of drug-likeness (QED) is 0.711. The summed E-state index contributed by atoms with van der Waals surface area (Å²) in [5.74, 6) is 0.0234. The van der Waals surface area contributed by atoms with Gasteiger partial charge in [0.05, 0.1) is 0 Å². The lowest BCUT2D eigenvalue weighted by Gasteiger charge is -2.24. The van der Waals surface area contributed by atoms with Gasteiger partial charge in [0.2, 0.25) is 5.91 Å². The zero-order valence-electron chi connectivity index (χ0n) is 15.4. The predicted molar refractivity (Wildman–Crippen MR) is 104 cm³/mol. The second-order valence-corrected chi connectivity index (χ2v) is 6.86. The molecule has 2 aromatic carbocycles. The Kier molecular flexibility index (Phi) is 6.05. The number of hydrogen-bond donors (Lipinski definition) is 0. The molecular weight excluding hydrogens is 324 g/mol. The highest BCUT2D eigenvalue weighted by atomic mass is 16.2. The number of ketones is 1. The highest BCUT2D eigenvalue weighted by Crippen LogP contribution is 2.25. The molecule has 1 aliphatic rings. The van der Waals surface area contributed by atoms with E-state index in [9.17, 15) is 9.59 Å². The van der Waals surface area contributed by atoms with E-state index in [0.29, 0.717) is 12.1 Å². The number of anilines is 1. The number of hydrogen-bond acceptors (Lipinski definition) is 3. The van der Waals surface area contributed by atoms with E-state index in [0.717, 1.165) is 13.1 Å². The summed E-state index contributed by atoms with van der Waals surface area (Å²) in [7, 11) is 1.82. The minimum absolute atomic E-state index is 0.00510. The fraction of sp³-hybridized carbons (Fsp3) is 0.364. The first-order valence-corrected chi connectivity index (χ1v) is 9.30. The molecule has 0 saturated carbocycles. The maximum absolute atomic E-state index is 12.5. The first kappa shape index (κ1) is 18.2. The molecule has 0 N–H and O–H groups in total. The van der Waals surface area contributed by atoms with Crippen molar-refractivity contribution in [2.75, 3.05) is 25.0 Å². The molecule has 2 aromatic rings. The first-order valence-electron chi connectivity index (χ1n) is 9.30. The van der Waals surface area contributed by atoms with Gasteiger partial charge in [-0.25, -0.2) is 0 Å². The summed E-state index contributed by atoms with van der Waals surface area (Å²) in [4.78, 5) is 28.8. The lowest BCUT2D eigenvalue weighted by Crippen LogP contribution is -2.28. The Labute approximate surface area is 155 Å². The van der Waals surface area contributed by atoms with Crippen LogP contribution in [0.1, 0.15) is 41.6 Å². The molecule has 4 nitrogen and oxygen atoms in total. The van der Waals surface area contributed by atoms with E-state index >= 15 is 0 Å². The summed E-state index contributed by atoms with van der Waals surface area (Å²) in [5.41, 5.74) is 3.06. The van der Waals surface area contributed by atoms with Crippen molar-refractivity contribution in [2.45, 2.75) is 32.2 Å². The number of benzene rings is 2. The third-order valence-corrected chi connectivity index (χ3v) is 4.93. The van der Waals surface area contributed by atoms with Gasteiger partial charge in [-0.15, -0.1) is 0 Å². The van der Waals surface area contributed by atoms with Crippen molar-refractivity contribution in [1.82, 2.24) is 4.90 Å². The van der Waals surface area contributed by atoms with Crippen LogP contribution in [0.4, 0.5) is 5.69 Å². The van der Waals surface area contributed by atoms with Crippen LogP contribution in [0.5, 0.6) is 0 Å². The van der Waals surface area contributed by atoms with E-state index in [4.69, 9.17) is 0 Å². The van der Waals surface area contributed by atoms with Crippen LogP contribution in [0.3, 0.4) is 0 Å². The van der Waals surface area contributed by atoms with Gasteiger partial charge in [0.1, 0.15) is 0 Å². The summed E-state index contributed by atoms with van der Waals surface area (Å²) >= 11 is 0. The summed E-state index contributed by atoms with van der Waals surface area (Å²) < 4.78 is 0. The van der Waals surface area contributed by atoms with Crippen LogP contribution < -0.4 is 4.90 Å². The molecule has 1 heterocycles. The van der Waals surface area contributed by atoms with Crippen LogP contribution in [0, 0.1) is 0 Å². The third kappa shape index (κ3) is 4.51. The van der Waals surface area contributed by atoms with Gasteiger partial charge in [0.25, 0.3) is 0 Å². The molecular formula is C22H26N2O2. The molecule has 3 rings (SSSR count). The fourth-order valence-electron chi connectivity index (χ4n) is 3.43. The second-order valence-electron chi connectivity index (χ2n) is 6.86. The standard InChI is InChI=1S/C22H26N2O2/c1-23(22(26)14-13-21(25)18-9-3-2-4-10-18)17-19-11-5-6-12-20(19)24-15-7-8-16-24/h2-6,9-12H,7-8,13-17H2,1H3. The summed E-state index contributed by atoms with van der Waals surface area (Å²) in [6.45, 7) is 2.74. The van der Waals surface area contributed by atoms with Gasteiger partial charge in [-0.1, -0.05) is 48.5 Å². The van der Waals surface area contributed by atoms with Crippen molar-refractivity contribution in [3.63, 3.8) is 0 Å². The average Bonchev–Trinajstić information content (AvgIpc) is 3.21. The number of carbonyl (C=O) groups is 2. The number of carbonyl (C=O) groups excluding carboxylic acids is 2. The summed E-state index contributed by atoms with van der Waals surface area (Å²) in [5, 5.41) is 0. The average molecular weight is 350 g/mol. The second kappa shape index (κ2) is 8.65. The minimum Gasteiger partial charge on any atom is -0.371 e. The molecule has 26 heavy (non-hydrogen) atoms. The topological polar surface area (TPSA) is 40.6 Å². The van der Waals surface area contributed by atoms with Crippen molar-refractivity contribution in [2.24, 2.45) is 0 Å². The maximum Gasteiger partial charge on any atom is 0.223 e. The number of amides is 1. The van der Waals surface area contributed by atoms with E-state index in [-0.39, 0.29) is 24.5 Å². The Hall–Kier alpha value is -2.62. The molecule has 0 spiro atoms. The summed E-state index contributed by atoms with van der Waals surface area (Å²) in [6, 6.07) is 17.5. The lowest BCUT2D eigenvalue weighted by atomic mass is 10.1. The van der Waals surface area contributed by atoms with E-state index in [1.54, 1.807) is 17.0 Å². The lowest BCUT2D eigenvalue weighted by molar-refractivity contribution is -0.130. The fourth-order valence-corrected chi connectivity index (χ4v) is 3.43. The normalized spacial score (nSPS) is 13.7. The Morgan fingerprint density at radius 3 is 2.31 bits per heavy atom. The Bertz CT molecular complexity index is 752. The molecule has 0 unspecified atom stereocenters. The van der Waals surface area contributed by atoms with Crippen LogP contribution in [-0.2, 0) is 11.3 Å². The monoisotopic (exact) mass is 350 g/mol. The smallest absolute Gasteiger partial charge is 0.223 e. The van der Waals surface area contributed by atoms with Gasteiger partial charge < -0.3 is 9.80 Å². The Morgan fingerprint density at radius 1 is 0.923 bits per heavy atom. The van der Waals surface area contributed by atoms with Gasteiger partial charge in [0, 0.05) is 50.8 Å². The largest absolute Gasteiger partial charge is 0.371 e. The number of para-hydroxylation sites is 1. The molecule has 0 radical (unpaired) electrons. The molecule has 0 bridgehead atoms. The minimum atomic E-state index is 0.00510. The third-order valence-electron chi connectivity index (χ3n) is 4.93. The van der Waals surface area contributed by atoms with Crippen LogP contribution in [0.2, 0.25) is 0 Å². The van der Waals surface area contributed by atoms with Crippen molar-refractivity contribution in [1.29, 1.82) is 0 Å². The Morgan fingerprint density at radius 2 is 1.58 bits per heavy atom. The molecule has 0 aliphatic carbocycles. The highest BCUT2D eigenvalue weighted by Gasteiger charge is 2.18.